The molecular formula is C14H13NO3. The van der Waals surface area contributed by atoms with Crippen LogP contribution in [0.15, 0.2) is 42.5 Å². The molecule has 0 aromatic heterocycles. The first kappa shape index (κ1) is 12.1. The van der Waals surface area contributed by atoms with Crippen LogP contribution in [0.5, 0.6) is 5.75 Å². The SMILES string of the molecule is COc1cc(-c2ccc([N+](=O)[O-])cc2)ccc1C. The Morgan fingerprint density at radius 3 is 2.22 bits per heavy atom. The Kier molecular flexibility index (Phi) is 3.28. The molecule has 4 nitrogen and oxygen atoms in total. The van der Waals surface area contributed by atoms with Crippen LogP contribution in [-0.4, -0.2) is 12.0 Å². The van der Waals surface area contributed by atoms with Gasteiger partial charge in [-0.2, -0.15) is 0 Å². The highest BCUT2D eigenvalue weighted by atomic mass is 16.6. The number of non-ortho nitro benzene ring substituents is 1. The van der Waals surface area contributed by atoms with Crippen molar-refractivity contribution < 1.29 is 9.66 Å². The van der Waals surface area contributed by atoms with Gasteiger partial charge < -0.3 is 4.74 Å². The Morgan fingerprint density at radius 1 is 1.06 bits per heavy atom. The quantitative estimate of drug-likeness (QED) is 0.611. The molecule has 0 heterocycles. The minimum atomic E-state index is -0.403. The number of ether oxygens (including phenoxy) is 1. The normalized spacial score (nSPS) is 10.1. The first-order valence-electron chi connectivity index (χ1n) is 5.51. The van der Waals surface area contributed by atoms with Crippen LogP contribution >= 0.6 is 0 Å². The maximum absolute atomic E-state index is 10.6. The Bertz CT molecular complexity index is 576. The van der Waals surface area contributed by atoms with Crippen LogP contribution < -0.4 is 4.74 Å². The van der Waals surface area contributed by atoms with Gasteiger partial charge >= 0.3 is 0 Å². The number of rotatable bonds is 3. The summed E-state index contributed by atoms with van der Waals surface area (Å²) in [6.07, 6.45) is 0. The number of aryl methyl sites for hydroxylation is 1. The molecule has 0 fully saturated rings. The fourth-order valence-corrected chi connectivity index (χ4v) is 1.78. The molecule has 0 radical (unpaired) electrons. The lowest BCUT2D eigenvalue weighted by Crippen LogP contribution is -1.89. The van der Waals surface area contributed by atoms with Crippen molar-refractivity contribution in [2.75, 3.05) is 7.11 Å². The average molecular weight is 243 g/mol. The van der Waals surface area contributed by atoms with Gasteiger partial charge in [0.15, 0.2) is 0 Å². The zero-order chi connectivity index (χ0) is 13.1. The van der Waals surface area contributed by atoms with Crippen molar-refractivity contribution in [3.8, 4) is 16.9 Å². The van der Waals surface area contributed by atoms with Gasteiger partial charge in [-0.3, -0.25) is 10.1 Å². The van der Waals surface area contributed by atoms with E-state index in [9.17, 15) is 10.1 Å². The van der Waals surface area contributed by atoms with E-state index in [-0.39, 0.29) is 5.69 Å². The zero-order valence-electron chi connectivity index (χ0n) is 10.2. The fraction of sp³-hybridized carbons (Fsp3) is 0.143. The molecule has 0 aliphatic heterocycles. The lowest BCUT2D eigenvalue weighted by atomic mass is 10.0. The maximum atomic E-state index is 10.6. The number of hydrogen-bond acceptors (Lipinski definition) is 3. The van der Waals surface area contributed by atoms with Crippen LogP contribution in [0.3, 0.4) is 0 Å². The highest BCUT2D eigenvalue weighted by Gasteiger charge is 2.06. The summed E-state index contributed by atoms with van der Waals surface area (Å²) in [6, 6.07) is 12.3. The van der Waals surface area contributed by atoms with Crippen LogP contribution in [0, 0.1) is 17.0 Å². The summed E-state index contributed by atoms with van der Waals surface area (Å²) in [5.74, 6) is 0.811. The van der Waals surface area contributed by atoms with E-state index in [1.165, 1.54) is 12.1 Å². The standard InChI is InChI=1S/C14H13NO3/c1-10-3-4-12(9-14(10)18-2)11-5-7-13(8-6-11)15(16)17/h3-9H,1-2H3. The average Bonchev–Trinajstić information content (AvgIpc) is 2.39. The van der Waals surface area contributed by atoms with Gasteiger partial charge in [0.1, 0.15) is 5.75 Å². The molecule has 2 rings (SSSR count). The molecule has 0 saturated heterocycles. The number of methoxy groups -OCH3 is 1. The summed E-state index contributed by atoms with van der Waals surface area (Å²) in [4.78, 5) is 10.2. The van der Waals surface area contributed by atoms with Crippen molar-refractivity contribution in [3.63, 3.8) is 0 Å². The molecule has 0 aliphatic rings. The number of benzene rings is 2. The summed E-state index contributed by atoms with van der Waals surface area (Å²) in [7, 11) is 1.63. The second-order valence-corrected chi connectivity index (χ2v) is 3.99. The molecule has 0 unspecified atom stereocenters. The van der Waals surface area contributed by atoms with Crippen molar-refractivity contribution in [2.45, 2.75) is 6.92 Å². The lowest BCUT2D eigenvalue weighted by Gasteiger charge is -2.07. The van der Waals surface area contributed by atoms with Gasteiger partial charge in [0.05, 0.1) is 12.0 Å². The largest absolute Gasteiger partial charge is 0.496 e. The van der Waals surface area contributed by atoms with Crippen LogP contribution in [0.2, 0.25) is 0 Å². The van der Waals surface area contributed by atoms with Crippen LogP contribution in [0.25, 0.3) is 11.1 Å². The highest BCUT2D eigenvalue weighted by molar-refractivity contribution is 5.67. The van der Waals surface area contributed by atoms with Crippen molar-refractivity contribution >= 4 is 5.69 Å². The van der Waals surface area contributed by atoms with Crippen molar-refractivity contribution in [1.82, 2.24) is 0 Å². The first-order valence-corrected chi connectivity index (χ1v) is 5.51. The van der Waals surface area contributed by atoms with Gasteiger partial charge in [-0.1, -0.05) is 12.1 Å². The second-order valence-electron chi connectivity index (χ2n) is 3.99. The van der Waals surface area contributed by atoms with Gasteiger partial charge in [0, 0.05) is 12.1 Å². The summed E-state index contributed by atoms with van der Waals surface area (Å²) in [5, 5.41) is 10.6. The Hall–Kier alpha value is -2.36. The minimum absolute atomic E-state index is 0.0952. The molecule has 0 atom stereocenters. The van der Waals surface area contributed by atoms with E-state index in [4.69, 9.17) is 4.74 Å². The molecule has 0 amide bonds. The van der Waals surface area contributed by atoms with E-state index in [1.807, 2.05) is 25.1 Å². The van der Waals surface area contributed by atoms with Crippen molar-refractivity contribution in [2.24, 2.45) is 0 Å². The minimum Gasteiger partial charge on any atom is -0.496 e. The summed E-state index contributed by atoms with van der Waals surface area (Å²) in [5.41, 5.74) is 3.06. The molecule has 0 saturated carbocycles. The van der Waals surface area contributed by atoms with Gasteiger partial charge in [-0.25, -0.2) is 0 Å². The predicted molar refractivity (Wildman–Crippen MR) is 69.8 cm³/mol. The van der Waals surface area contributed by atoms with Crippen LogP contribution in [0.4, 0.5) is 5.69 Å². The van der Waals surface area contributed by atoms with Gasteiger partial charge in [-0.05, 0) is 41.8 Å². The Labute approximate surface area is 105 Å². The molecule has 4 heteroatoms. The van der Waals surface area contributed by atoms with E-state index >= 15 is 0 Å². The molecular weight excluding hydrogens is 230 g/mol. The van der Waals surface area contributed by atoms with Crippen molar-refractivity contribution in [3.05, 3.63) is 58.1 Å². The van der Waals surface area contributed by atoms with E-state index < -0.39 is 4.92 Å². The van der Waals surface area contributed by atoms with Crippen LogP contribution in [-0.2, 0) is 0 Å². The third-order valence-corrected chi connectivity index (χ3v) is 2.82. The third-order valence-electron chi connectivity index (χ3n) is 2.82. The molecule has 0 spiro atoms. The number of nitro groups is 1. The molecule has 0 aliphatic carbocycles. The topological polar surface area (TPSA) is 52.4 Å². The highest BCUT2D eigenvalue weighted by Crippen LogP contribution is 2.27. The van der Waals surface area contributed by atoms with E-state index in [1.54, 1.807) is 19.2 Å². The van der Waals surface area contributed by atoms with Gasteiger partial charge in [0.25, 0.3) is 5.69 Å². The smallest absolute Gasteiger partial charge is 0.269 e. The first-order chi connectivity index (χ1) is 8.61. The van der Waals surface area contributed by atoms with Gasteiger partial charge in [-0.15, -0.1) is 0 Å². The third kappa shape index (κ3) is 2.32. The fourth-order valence-electron chi connectivity index (χ4n) is 1.78. The van der Waals surface area contributed by atoms with Crippen molar-refractivity contribution in [1.29, 1.82) is 0 Å². The molecule has 2 aromatic rings. The van der Waals surface area contributed by atoms with Crippen LogP contribution in [0.1, 0.15) is 5.56 Å². The van der Waals surface area contributed by atoms with E-state index in [2.05, 4.69) is 0 Å². The Morgan fingerprint density at radius 2 is 1.67 bits per heavy atom. The molecule has 92 valence electrons. The Balaban J connectivity index is 2.39. The summed E-state index contributed by atoms with van der Waals surface area (Å²) >= 11 is 0. The molecule has 0 N–H and O–H groups in total. The van der Waals surface area contributed by atoms with E-state index in [0.29, 0.717) is 0 Å². The number of nitro benzene ring substituents is 1. The summed E-state index contributed by atoms with van der Waals surface area (Å²) < 4.78 is 5.26. The molecule has 18 heavy (non-hydrogen) atoms. The van der Waals surface area contributed by atoms with E-state index in [0.717, 1.165) is 22.4 Å². The molecule has 2 aromatic carbocycles. The maximum Gasteiger partial charge on any atom is 0.269 e. The molecule has 0 bridgehead atoms. The zero-order valence-corrected chi connectivity index (χ0v) is 10.2. The van der Waals surface area contributed by atoms with Gasteiger partial charge in [0.2, 0.25) is 0 Å². The monoisotopic (exact) mass is 243 g/mol. The predicted octanol–water partition coefficient (Wildman–Crippen LogP) is 3.58. The summed E-state index contributed by atoms with van der Waals surface area (Å²) in [6.45, 7) is 1.97. The second kappa shape index (κ2) is 4.87. The lowest BCUT2D eigenvalue weighted by molar-refractivity contribution is -0.384. The number of hydrogen-bond donors (Lipinski definition) is 0. The number of nitrogens with zero attached hydrogens (tertiary/aromatic N) is 1.